The monoisotopic (exact) mass is 288 g/mol. The number of esters is 1. The number of piperidine rings is 1. The molecule has 1 aliphatic carbocycles. The summed E-state index contributed by atoms with van der Waals surface area (Å²) in [6, 6.07) is 4.02. The molecule has 5 heteroatoms. The molecule has 2 bridgehead atoms. The number of aryl methyl sites for hydroxylation is 1. The van der Waals surface area contributed by atoms with Crippen molar-refractivity contribution in [3.63, 3.8) is 0 Å². The molecule has 3 aliphatic rings. The van der Waals surface area contributed by atoms with E-state index < -0.39 is 5.54 Å². The molecule has 2 saturated heterocycles. The Morgan fingerprint density at radius 2 is 2.19 bits per heavy atom. The topological polar surface area (TPSA) is 68.3 Å². The molecule has 0 spiro atoms. The molecule has 3 fully saturated rings. The lowest BCUT2D eigenvalue weighted by Crippen LogP contribution is -2.75. The van der Waals surface area contributed by atoms with Gasteiger partial charge in [-0.1, -0.05) is 13.0 Å². The van der Waals surface area contributed by atoms with Crippen molar-refractivity contribution < 1.29 is 14.3 Å². The molecule has 112 valence electrons. The van der Waals surface area contributed by atoms with Crippen LogP contribution >= 0.6 is 0 Å². The number of pyridine rings is 1. The summed E-state index contributed by atoms with van der Waals surface area (Å²) in [7, 11) is 1.37. The van der Waals surface area contributed by atoms with Crippen molar-refractivity contribution in [2.24, 2.45) is 5.92 Å². The minimum Gasteiger partial charge on any atom is -0.468 e. The Bertz CT molecular complexity index is 561. The van der Waals surface area contributed by atoms with Crippen molar-refractivity contribution in [3.8, 4) is 0 Å². The van der Waals surface area contributed by atoms with Crippen LogP contribution < -0.4 is 5.32 Å². The highest BCUT2D eigenvalue weighted by molar-refractivity contribution is 6.01. The van der Waals surface area contributed by atoms with Gasteiger partial charge in [-0.3, -0.25) is 19.9 Å². The number of aromatic nitrogens is 1. The molecular weight excluding hydrogens is 268 g/mol. The van der Waals surface area contributed by atoms with Crippen molar-refractivity contribution in [3.05, 3.63) is 29.6 Å². The number of nitrogens with zero attached hydrogens (tertiary/aromatic N) is 1. The van der Waals surface area contributed by atoms with E-state index >= 15 is 0 Å². The predicted molar refractivity (Wildman–Crippen MR) is 77.0 cm³/mol. The smallest absolute Gasteiger partial charge is 0.326 e. The Balaban J connectivity index is 1.86. The van der Waals surface area contributed by atoms with Crippen LogP contribution in [0.15, 0.2) is 18.3 Å². The molecule has 0 aromatic carbocycles. The first kappa shape index (κ1) is 14.2. The first-order valence-electron chi connectivity index (χ1n) is 7.46. The lowest BCUT2D eigenvalue weighted by atomic mass is 9.62. The van der Waals surface area contributed by atoms with E-state index in [1.165, 1.54) is 7.11 Å². The fourth-order valence-electron chi connectivity index (χ4n) is 3.54. The zero-order chi connectivity index (χ0) is 15.0. The average Bonchev–Trinajstić information content (AvgIpc) is 2.52. The summed E-state index contributed by atoms with van der Waals surface area (Å²) in [6.45, 7) is 2.05. The summed E-state index contributed by atoms with van der Waals surface area (Å²) < 4.78 is 4.91. The van der Waals surface area contributed by atoms with E-state index in [0.717, 1.165) is 18.4 Å². The summed E-state index contributed by atoms with van der Waals surface area (Å²) in [5.41, 5.74) is 0.701. The zero-order valence-corrected chi connectivity index (χ0v) is 12.4. The number of Topliss-reactive ketones (excluding diaryl/α,β-unsaturated/α-hetero) is 1. The second-order valence-corrected chi connectivity index (χ2v) is 5.91. The number of carbonyl (C=O) groups excluding carboxylic acids is 2. The van der Waals surface area contributed by atoms with Crippen molar-refractivity contribution in [1.29, 1.82) is 0 Å². The van der Waals surface area contributed by atoms with E-state index in [1.54, 1.807) is 12.3 Å². The second-order valence-electron chi connectivity index (χ2n) is 5.91. The fraction of sp³-hybridized carbons (Fsp3) is 0.562. The SMILES string of the molecule is CCc1ccc(C(=O)C2CCC3CC2(C(=O)OC)N3)nc1. The lowest BCUT2D eigenvalue weighted by molar-refractivity contribution is -0.160. The number of nitrogens with one attached hydrogen (secondary N) is 1. The molecule has 5 nitrogen and oxygen atoms in total. The summed E-state index contributed by atoms with van der Waals surface area (Å²) >= 11 is 0. The molecule has 1 saturated carbocycles. The highest BCUT2D eigenvalue weighted by Gasteiger charge is 2.61. The number of ketones is 1. The van der Waals surface area contributed by atoms with Gasteiger partial charge in [-0.05, 0) is 37.3 Å². The molecule has 2 aliphatic heterocycles. The Morgan fingerprint density at radius 1 is 1.43 bits per heavy atom. The standard InChI is InChI=1S/C16H20N2O3/c1-3-10-4-7-13(17-9-10)14(19)12-6-5-11-8-16(12,18-11)15(20)21-2/h4,7,9,11-12,18H,3,5-6,8H2,1-2H3. The van der Waals surface area contributed by atoms with E-state index in [0.29, 0.717) is 24.6 Å². The van der Waals surface area contributed by atoms with Crippen LogP contribution in [0.1, 0.15) is 42.2 Å². The van der Waals surface area contributed by atoms with Gasteiger partial charge in [-0.25, -0.2) is 0 Å². The van der Waals surface area contributed by atoms with Gasteiger partial charge in [0.25, 0.3) is 0 Å². The fourth-order valence-corrected chi connectivity index (χ4v) is 3.54. The maximum atomic E-state index is 12.7. The Morgan fingerprint density at radius 3 is 2.76 bits per heavy atom. The van der Waals surface area contributed by atoms with E-state index in [2.05, 4.69) is 10.3 Å². The molecular formula is C16H20N2O3. The largest absolute Gasteiger partial charge is 0.468 e. The minimum atomic E-state index is -0.833. The molecule has 1 aromatic rings. The van der Waals surface area contributed by atoms with Crippen molar-refractivity contribution in [2.75, 3.05) is 7.11 Å². The number of carbonyl (C=O) groups is 2. The van der Waals surface area contributed by atoms with Crippen LogP contribution in [0.4, 0.5) is 0 Å². The number of hydrogen-bond donors (Lipinski definition) is 1. The molecule has 3 heterocycles. The van der Waals surface area contributed by atoms with Crippen molar-refractivity contribution in [2.45, 2.75) is 44.2 Å². The van der Waals surface area contributed by atoms with Gasteiger partial charge in [0.05, 0.1) is 13.0 Å². The third kappa shape index (κ3) is 2.16. The van der Waals surface area contributed by atoms with E-state index in [1.807, 2.05) is 13.0 Å². The summed E-state index contributed by atoms with van der Waals surface area (Å²) in [6.07, 6.45) is 4.94. The maximum Gasteiger partial charge on any atom is 0.326 e. The highest BCUT2D eigenvalue weighted by Crippen LogP contribution is 2.44. The third-order valence-electron chi connectivity index (χ3n) is 4.78. The van der Waals surface area contributed by atoms with E-state index in [-0.39, 0.29) is 17.7 Å². The molecule has 3 atom stereocenters. The van der Waals surface area contributed by atoms with Crippen LogP contribution in [-0.4, -0.2) is 35.4 Å². The Hall–Kier alpha value is -1.75. The Kier molecular flexibility index (Phi) is 3.53. The van der Waals surface area contributed by atoms with Crippen LogP contribution in [0.5, 0.6) is 0 Å². The third-order valence-corrected chi connectivity index (χ3v) is 4.78. The molecule has 1 aromatic heterocycles. The summed E-state index contributed by atoms with van der Waals surface area (Å²) in [4.78, 5) is 29.1. The minimum absolute atomic E-state index is 0.0614. The summed E-state index contributed by atoms with van der Waals surface area (Å²) in [5, 5.41) is 3.24. The van der Waals surface area contributed by atoms with Gasteiger partial charge in [0.1, 0.15) is 11.2 Å². The van der Waals surface area contributed by atoms with Gasteiger partial charge in [-0.2, -0.15) is 0 Å². The molecule has 0 amide bonds. The number of rotatable bonds is 4. The van der Waals surface area contributed by atoms with Crippen LogP contribution in [-0.2, 0) is 16.0 Å². The predicted octanol–water partition coefficient (Wildman–Crippen LogP) is 1.51. The molecule has 1 N–H and O–H groups in total. The molecule has 4 rings (SSSR count). The Labute approximate surface area is 124 Å². The van der Waals surface area contributed by atoms with Gasteiger partial charge in [0, 0.05) is 12.2 Å². The quantitative estimate of drug-likeness (QED) is 0.672. The molecule has 21 heavy (non-hydrogen) atoms. The zero-order valence-electron chi connectivity index (χ0n) is 12.4. The van der Waals surface area contributed by atoms with Gasteiger partial charge in [-0.15, -0.1) is 0 Å². The average molecular weight is 288 g/mol. The van der Waals surface area contributed by atoms with Crippen molar-refractivity contribution in [1.82, 2.24) is 10.3 Å². The van der Waals surface area contributed by atoms with Crippen LogP contribution in [0.3, 0.4) is 0 Å². The van der Waals surface area contributed by atoms with E-state index in [4.69, 9.17) is 4.74 Å². The van der Waals surface area contributed by atoms with Crippen LogP contribution in [0.2, 0.25) is 0 Å². The number of hydrogen-bond acceptors (Lipinski definition) is 5. The second kappa shape index (κ2) is 5.22. The first-order chi connectivity index (χ1) is 10.1. The summed E-state index contributed by atoms with van der Waals surface area (Å²) in [5.74, 6) is -0.773. The molecule has 0 radical (unpaired) electrons. The maximum absolute atomic E-state index is 12.7. The first-order valence-corrected chi connectivity index (χ1v) is 7.46. The number of methoxy groups -OCH3 is 1. The van der Waals surface area contributed by atoms with Gasteiger partial charge < -0.3 is 4.74 Å². The number of fused-ring (bicyclic) bond motifs is 2. The van der Waals surface area contributed by atoms with Gasteiger partial charge >= 0.3 is 5.97 Å². The van der Waals surface area contributed by atoms with Crippen LogP contribution in [0, 0.1) is 5.92 Å². The van der Waals surface area contributed by atoms with Crippen molar-refractivity contribution >= 4 is 11.8 Å². The van der Waals surface area contributed by atoms with Crippen LogP contribution in [0.25, 0.3) is 0 Å². The van der Waals surface area contributed by atoms with Gasteiger partial charge in [0.2, 0.25) is 0 Å². The van der Waals surface area contributed by atoms with E-state index in [9.17, 15) is 9.59 Å². The normalized spacial score (nSPS) is 30.4. The highest BCUT2D eigenvalue weighted by atomic mass is 16.5. The number of ether oxygens (including phenoxy) is 1. The lowest BCUT2D eigenvalue weighted by Gasteiger charge is -2.55. The van der Waals surface area contributed by atoms with Gasteiger partial charge in [0.15, 0.2) is 5.78 Å². The molecule has 3 unspecified atom stereocenters.